The van der Waals surface area contributed by atoms with Crippen molar-refractivity contribution in [2.45, 2.75) is 32.6 Å². The Bertz CT molecular complexity index is 813. The van der Waals surface area contributed by atoms with Crippen molar-refractivity contribution in [3.63, 3.8) is 0 Å². The first kappa shape index (κ1) is 23.4. The SMILES string of the molecule is C\C=C/C=C(\C=N\O)n1cc(N(CC)C(=O)CC[S+]([O-])CC2CC2(F)F)c(Cl)n1. The summed E-state index contributed by atoms with van der Waals surface area (Å²) in [7, 11) is 0. The summed E-state index contributed by atoms with van der Waals surface area (Å²) in [5, 5.41) is 16.0. The molecule has 1 amide bonds. The van der Waals surface area contributed by atoms with E-state index in [0.29, 0.717) is 17.9 Å². The van der Waals surface area contributed by atoms with E-state index in [9.17, 15) is 18.1 Å². The molecule has 7 nitrogen and oxygen atoms in total. The molecule has 160 valence electrons. The Balaban J connectivity index is 2.06. The van der Waals surface area contributed by atoms with Crippen LogP contribution in [-0.4, -0.2) is 55.6 Å². The Labute approximate surface area is 175 Å². The number of anilines is 1. The van der Waals surface area contributed by atoms with E-state index in [1.165, 1.54) is 22.0 Å². The molecule has 1 heterocycles. The van der Waals surface area contributed by atoms with Crippen molar-refractivity contribution in [3.8, 4) is 0 Å². The van der Waals surface area contributed by atoms with Gasteiger partial charge in [-0.25, -0.2) is 13.5 Å². The quantitative estimate of drug-likeness (QED) is 0.195. The highest BCUT2D eigenvalue weighted by Gasteiger charge is 2.58. The lowest BCUT2D eigenvalue weighted by atomic mass is 10.3. The van der Waals surface area contributed by atoms with Crippen molar-refractivity contribution in [2.75, 3.05) is 23.0 Å². The van der Waals surface area contributed by atoms with Crippen LogP contribution in [0.4, 0.5) is 14.5 Å². The van der Waals surface area contributed by atoms with E-state index in [-0.39, 0.29) is 35.4 Å². The lowest BCUT2D eigenvalue weighted by Crippen LogP contribution is -2.32. The summed E-state index contributed by atoms with van der Waals surface area (Å²) in [6.07, 6.45) is 7.53. The third kappa shape index (κ3) is 6.28. The summed E-state index contributed by atoms with van der Waals surface area (Å²) >= 11 is 4.70. The lowest BCUT2D eigenvalue weighted by Gasteiger charge is -2.20. The molecule has 2 unspecified atom stereocenters. The van der Waals surface area contributed by atoms with Crippen LogP contribution < -0.4 is 4.90 Å². The first-order chi connectivity index (χ1) is 13.7. The van der Waals surface area contributed by atoms with E-state index in [4.69, 9.17) is 16.8 Å². The number of carbonyl (C=O) groups is 1. The van der Waals surface area contributed by atoms with E-state index in [1.54, 1.807) is 25.2 Å². The average molecular weight is 449 g/mol. The fraction of sp³-hybridized carbons (Fsp3) is 0.500. The van der Waals surface area contributed by atoms with Gasteiger partial charge in [-0.1, -0.05) is 40.1 Å². The number of allylic oxidation sites excluding steroid dienone is 4. The second-order valence-corrected chi connectivity index (χ2v) is 8.45. The molecule has 11 heteroatoms. The van der Waals surface area contributed by atoms with E-state index >= 15 is 0 Å². The van der Waals surface area contributed by atoms with Crippen LogP contribution in [0.1, 0.15) is 26.7 Å². The predicted octanol–water partition coefficient (Wildman–Crippen LogP) is 3.56. The number of rotatable bonds is 10. The van der Waals surface area contributed by atoms with Crippen molar-refractivity contribution in [1.82, 2.24) is 9.78 Å². The maximum atomic E-state index is 12.9. The molecule has 1 aliphatic carbocycles. The third-order valence-electron chi connectivity index (χ3n) is 4.36. The van der Waals surface area contributed by atoms with Crippen molar-refractivity contribution in [2.24, 2.45) is 11.1 Å². The first-order valence-electron chi connectivity index (χ1n) is 9.02. The molecule has 1 aromatic heterocycles. The van der Waals surface area contributed by atoms with Crippen molar-refractivity contribution in [1.29, 1.82) is 0 Å². The van der Waals surface area contributed by atoms with Crippen LogP contribution in [0.3, 0.4) is 0 Å². The Morgan fingerprint density at radius 3 is 2.86 bits per heavy atom. The van der Waals surface area contributed by atoms with Crippen LogP contribution >= 0.6 is 11.6 Å². The fourth-order valence-corrected chi connectivity index (χ4v) is 4.28. The number of halogens is 3. The van der Waals surface area contributed by atoms with Gasteiger partial charge in [-0.15, -0.1) is 0 Å². The minimum Gasteiger partial charge on any atom is -0.616 e. The fourth-order valence-electron chi connectivity index (χ4n) is 2.66. The van der Waals surface area contributed by atoms with Crippen molar-refractivity contribution >= 4 is 46.3 Å². The number of amides is 1. The average Bonchev–Trinajstić information content (AvgIpc) is 3.08. The molecule has 0 bridgehead atoms. The molecular weight excluding hydrogens is 426 g/mol. The zero-order chi connectivity index (χ0) is 21.6. The molecule has 0 radical (unpaired) electrons. The monoisotopic (exact) mass is 448 g/mol. The maximum Gasteiger partial charge on any atom is 0.256 e. The van der Waals surface area contributed by atoms with Crippen LogP contribution in [0.5, 0.6) is 0 Å². The Kier molecular flexibility index (Phi) is 8.23. The smallest absolute Gasteiger partial charge is 0.256 e. The second kappa shape index (κ2) is 10.2. The highest BCUT2D eigenvalue weighted by molar-refractivity contribution is 7.91. The van der Waals surface area contributed by atoms with E-state index in [0.717, 1.165) is 0 Å². The summed E-state index contributed by atoms with van der Waals surface area (Å²) in [5.41, 5.74) is 0.755. The van der Waals surface area contributed by atoms with Crippen molar-refractivity contribution in [3.05, 3.63) is 29.6 Å². The summed E-state index contributed by atoms with van der Waals surface area (Å²) in [5.74, 6) is -3.97. The number of hydrogen-bond donors (Lipinski definition) is 1. The molecule has 0 aromatic carbocycles. The topological polar surface area (TPSA) is 93.8 Å². The minimum absolute atomic E-state index is 0.0112. The summed E-state index contributed by atoms with van der Waals surface area (Å²) in [6, 6.07) is 0. The minimum atomic E-state index is -2.71. The van der Waals surface area contributed by atoms with Gasteiger partial charge in [0, 0.05) is 13.0 Å². The lowest BCUT2D eigenvalue weighted by molar-refractivity contribution is -0.118. The zero-order valence-electron chi connectivity index (χ0n) is 16.1. The normalized spacial score (nSPS) is 19.8. The Morgan fingerprint density at radius 2 is 2.31 bits per heavy atom. The second-order valence-electron chi connectivity index (χ2n) is 6.47. The van der Waals surface area contributed by atoms with Gasteiger partial charge in [0.15, 0.2) is 5.15 Å². The molecular formula is C18H23ClF2N4O3S. The zero-order valence-corrected chi connectivity index (χ0v) is 17.7. The van der Waals surface area contributed by atoms with Gasteiger partial charge in [-0.2, -0.15) is 5.10 Å². The number of hydrogen-bond acceptors (Lipinski definition) is 5. The number of alkyl halides is 2. The molecule has 1 saturated carbocycles. The highest BCUT2D eigenvalue weighted by Crippen LogP contribution is 2.49. The van der Waals surface area contributed by atoms with Gasteiger partial charge < -0.3 is 14.7 Å². The number of nitrogens with zero attached hydrogens (tertiary/aromatic N) is 4. The number of aromatic nitrogens is 2. The summed E-state index contributed by atoms with van der Waals surface area (Å²) in [4.78, 5) is 14.0. The molecule has 29 heavy (non-hydrogen) atoms. The molecule has 2 atom stereocenters. The largest absolute Gasteiger partial charge is 0.616 e. The van der Waals surface area contributed by atoms with Crippen LogP contribution in [0.25, 0.3) is 5.70 Å². The van der Waals surface area contributed by atoms with Crippen LogP contribution in [-0.2, 0) is 16.0 Å². The standard InChI is InChI=1S/C18H23ClF2N4O3S/c1-3-5-6-14(10-22-27)25-11-15(17(19)23-25)24(4-2)16(26)7-8-29(28)12-13-9-18(13,20)21/h3,5-6,10-11,13,27H,4,7-9,12H2,1-2H3/b5-3-,14-6+,22-10+. The summed E-state index contributed by atoms with van der Waals surface area (Å²) < 4.78 is 39.2. The predicted molar refractivity (Wildman–Crippen MR) is 110 cm³/mol. The van der Waals surface area contributed by atoms with Crippen LogP contribution in [0, 0.1) is 5.92 Å². The van der Waals surface area contributed by atoms with Gasteiger partial charge in [0.25, 0.3) is 5.92 Å². The van der Waals surface area contributed by atoms with E-state index < -0.39 is 23.0 Å². The maximum absolute atomic E-state index is 12.9. The van der Waals surface area contributed by atoms with Gasteiger partial charge in [0.2, 0.25) is 5.91 Å². The van der Waals surface area contributed by atoms with Crippen molar-refractivity contribution < 1.29 is 23.3 Å². The number of oxime groups is 1. The van der Waals surface area contributed by atoms with E-state index in [1.807, 2.05) is 6.92 Å². The molecule has 1 aromatic rings. The molecule has 1 N–H and O–H groups in total. The molecule has 1 fully saturated rings. The Morgan fingerprint density at radius 1 is 1.62 bits per heavy atom. The van der Waals surface area contributed by atoms with Crippen LogP contribution in [0.15, 0.2) is 29.6 Å². The third-order valence-corrected chi connectivity index (χ3v) is 6.06. The van der Waals surface area contributed by atoms with Gasteiger partial charge in [0.05, 0.1) is 30.4 Å². The molecule has 2 rings (SSSR count). The van der Waals surface area contributed by atoms with E-state index in [2.05, 4.69) is 10.3 Å². The van der Waals surface area contributed by atoms with Crippen LogP contribution in [0.2, 0.25) is 5.15 Å². The molecule has 1 aliphatic rings. The van der Waals surface area contributed by atoms with Gasteiger partial charge >= 0.3 is 0 Å². The number of carbonyl (C=O) groups excluding carboxylic acids is 1. The van der Waals surface area contributed by atoms with Gasteiger partial charge in [0.1, 0.15) is 17.2 Å². The molecule has 0 spiro atoms. The highest BCUT2D eigenvalue weighted by atomic mass is 35.5. The molecule has 0 aliphatic heterocycles. The van der Waals surface area contributed by atoms with Gasteiger partial charge in [-0.3, -0.25) is 4.79 Å². The summed E-state index contributed by atoms with van der Waals surface area (Å²) in [6.45, 7) is 3.86. The Hall–Kier alpha value is -1.91. The first-order valence-corrected chi connectivity index (χ1v) is 10.9. The van der Waals surface area contributed by atoms with Gasteiger partial charge in [-0.05, 0) is 19.9 Å². The molecule has 0 saturated heterocycles.